The Kier molecular flexibility index (Phi) is 14.3. The number of thioether (sulfide) groups is 3. The lowest BCUT2D eigenvalue weighted by Crippen LogP contribution is -1.94. The molecule has 0 amide bonds. The first-order valence-corrected chi connectivity index (χ1v) is 13.3. The van der Waals surface area contributed by atoms with Gasteiger partial charge in [0, 0.05) is 14.7 Å². The van der Waals surface area contributed by atoms with E-state index in [2.05, 4.69) is 75.1 Å². The summed E-state index contributed by atoms with van der Waals surface area (Å²) in [5, 5.41) is 0. The van der Waals surface area contributed by atoms with E-state index in [-0.39, 0.29) is 0 Å². The van der Waals surface area contributed by atoms with Crippen molar-refractivity contribution in [1.29, 1.82) is 0 Å². The molecule has 0 radical (unpaired) electrons. The molecule has 0 nitrogen and oxygen atoms in total. The molecule has 25 heavy (non-hydrogen) atoms. The highest BCUT2D eigenvalue weighted by molar-refractivity contribution is 8.03. The molecule has 0 bridgehead atoms. The van der Waals surface area contributed by atoms with Crippen molar-refractivity contribution in [2.24, 2.45) is 0 Å². The molecule has 0 atom stereocenters. The van der Waals surface area contributed by atoms with Crippen LogP contribution < -0.4 is 0 Å². The normalized spacial score (nSPS) is 11.2. The average molecular weight is 399 g/mol. The van der Waals surface area contributed by atoms with Gasteiger partial charge >= 0.3 is 0 Å². The van der Waals surface area contributed by atoms with Crippen molar-refractivity contribution < 1.29 is 0 Å². The van der Waals surface area contributed by atoms with Crippen molar-refractivity contribution in [1.82, 2.24) is 0 Å². The molecule has 0 aliphatic heterocycles. The standard InChI is InChI=1S/C22H38S3/c1-5-9-13-19-17-20(23-14-10-6-2)22(25-16-12-8-4)21(18-19)24-15-11-7-3/h17-18H,5-16H2,1-4H3. The molecule has 0 saturated heterocycles. The molecule has 0 aliphatic carbocycles. The summed E-state index contributed by atoms with van der Waals surface area (Å²) >= 11 is 6.30. The Balaban J connectivity index is 3.02. The number of aryl methyl sites for hydroxylation is 1. The molecular weight excluding hydrogens is 360 g/mol. The quantitative estimate of drug-likeness (QED) is 0.214. The van der Waals surface area contributed by atoms with Crippen LogP contribution in [0, 0.1) is 0 Å². The maximum Gasteiger partial charge on any atom is 0.0344 e. The summed E-state index contributed by atoms with van der Waals surface area (Å²) in [6.45, 7) is 9.17. The Hall–Kier alpha value is 0.270. The second kappa shape index (κ2) is 15.3. The maximum absolute atomic E-state index is 2.51. The molecule has 0 spiro atoms. The molecule has 1 aromatic carbocycles. The van der Waals surface area contributed by atoms with Crippen molar-refractivity contribution >= 4 is 35.3 Å². The maximum atomic E-state index is 2.51. The van der Waals surface area contributed by atoms with Gasteiger partial charge < -0.3 is 0 Å². The van der Waals surface area contributed by atoms with Crippen molar-refractivity contribution in [3.63, 3.8) is 0 Å². The van der Waals surface area contributed by atoms with Crippen LogP contribution >= 0.6 is 35.3 Å². The van der Waals surface area contributed by atoms with Gasteiger partial charge in [0.25, 0.3) is 0 Å². The van der Waals surface area contributed by atoms with E-state index < -0.39 is 0 Å². The largest absolute Gasteiger partial charge is 0.125 e. The zero-order valence-electron chi connectivity index (χ0n) is 16.9. The molecule has 0 fully saturated rings. The van der Waals surface area contributed by atoms with E-state index in [9.17, 15) is 0 Å². The molecule has 0 heterocycles. The molecule has 0 N–H and O–H groups in total. The highest BCUT2D eigenvalue weighted by Crippen LogP contribution is 2.41. The molecule has 1 rings (SSSR count). The Bertz CT molecular complexity index is 426. The summed E-state index contributed by atoms with van der Waals surface area (Å²) in [5.41, 5.74) is 1.56. The number of hydrogen-bond acceptors (Lipinski definition) is 3. The average Bonchev–Trinajstić information content (AvgIpc) is 2.62. The first-order valence-electron chi connectivity index (χ1n) is 10.3. The summed E-state index contributed by atoms with van der Waals surface area (Å²) in [4.78, 5) is 4.69. The van der Waals surface area contributed by atoms with Gasteiger partial charge in [0.1, 0.15) is 0 Å². The number of benzene rings is 1. The molecular formula is C22H38S3. The third-order valence-electron chi connectivity index (χ3n) is 4.15. The highest BCUT2D eigenvalue weighted by atomic mass is 32.2. The summed E-state index contributed by atoms with van der Waals surface area (Å²) in [7, 11) is 0. The Labute approximate surface area is 170 Å². The minimum absolute atomic E-state index is 1.24. The fraction of sp³-hybridized carbons (Fsp3) is 0.727. The lowest BCUT2D eigenvalue weighted by atomic mass is 10.1. The van der Waals surface area contributed by atoms with Crippen LogP contribution in [0.1, 0.15) is 84.6 Å². The van der Waals surface area contributed by atoms with Gasteiger partial charge in [-0.05, 0) is 67.1 Å². The van der Waals surface area contributed by atoms with Gasteiger partial charge in [-0.15, -0.1) is 35.3 Å². The minimum Gasteiger partial charge on any atom is -0.125 e. The van der Waals surface area contributed by atoms with E-state index in [1.165, 1.54) is 75.0 Å². The van der Waals surface area contributed by atoms with Crippen LogP contribution in [0.2, 0.25) is 0 Å². The first-order chi connectivity index (χ1) is 12.3. The molecule has 0 aromatic heterocycles. The predicted octanol–water partition coefficient (Wildman–Crippen LogP) is 8.71. The number of unbranched alkanes of at least 4 members (excludes halogenated alkanes) is 4. The van der Waals surface area contributed by atoms with Gasteiger partial charge in [-0.25, -0.2) is 0 Å². The van der Waals surface area contributed by atoms with E-state index in [4.69, 9.17) is 0 Å². The van der Waals surface area contributed by atoms with Crippen molar-refractivity contribution in [2.45, 2.75) is 100 Å². The lowest BCUT2D eigenvalue weighted by Gasteiger charge is -2.16. The molecule has 144 valence electrons. The van der Waals surface area contributed by atoms with E-state index in [1.807, 2.05) is 0 Å². The fourth-order valence-corrected chi connectivity index (χ4v) is 6.55. The van der Waals surface area contributed by atoms with Crippen molar-refractivity contribution in [3.8, 4) is 0 Å². The topological polar surface area (TPSA) is 0 Å². The third kappa shape index (κ3) is 9.68. The molecule has 3 heteroatoms. The van der Waals surface area contributed by atoms with E-state index in [0.717, 1.165) is 0 Å². The highest BCUT2D eigenvalue weighted by Gasteiger charge is 2.13. The van der Waals surface area contributed by atoms with Crippen LogP contribution in [0.15, 0.2) is 26.8 Å². The zero-order chi connectivity index (χ0) is 18.3. The first kappa shape index (κ1) is 23.3. The summed E-state index contributed by atoms with van der Waals surface area (Å²) in [5.74, 6) is 3.77. The number of hydrogen-bond donors (Lipinski definition) is 0. The summed E-state index contributed by atoms with van der Waals surface area (Å²) in [6, 6.07) is 5.02. The molecule has 0 saturated carbocycles. The Morgan fingerprint density at radius 2 is 1.04 bits per heavy atom. The van der Waals surface area contributed by atoms with Crippen molar-refractivity contribution in [3.05, 3.63) is 17.7 Å². The third-order valence-corrected chi connectivity index (χ3v) is 7.89. The van der Waals surface area contributed by atoms with Crippen LogP contribution in [0.4, 0.5) is 0 Å². The van der Waals surface area contributed by atoms with Gasteiger partial charge in [0.05, 0.1) is 0 Å². The van der Waals surface area contributed by atoms with Crippen LogP contribution in [0.3, 0.4) is 0 Å². The fourth-order valence-electron chi connectivity index (χ4n) is 2.48. The molecule has 0 unspecified atom stereocenters. The van der Waals surface area contributed by atoms with Gasteiger partial charge in [0.15, 0.2) is 0 Å². The van der Waals surface area contributed by atoms with Crippen molar-refractivity contribution in [2.75, 3.05) is 17.3 Å². The predicted molar refractivity (Wildman–Crippen MR) is 122 cm³/mol. The minimum atomic E-state index is 1.24. The SMILES string of the molecule is CCCCSc1cc(CCCC)cc(SCCCC)c1SCCCC. The molecule has 0 aliphatic rings. The summed E-state index contributed by atoms with van der Waals surface area (Å²) in [6.07, 6.45) is 11.7. The van der Waals surface area contributed by atoms with E-state index in [1.54, 1.807) is 20.2 Å². The van der Waals surface area contributed by atoms with Crippen LogP contribution in [0.5, 0.6) is 0 Å². The number of rotatable bonds is 15. The second-order valence-electron chi connectivity index (χ2n) is 6.63. The Morgan fingerprint density at radius 3 is 1.48 bits per heavy atom. The van der Waals surface area contributed by atoms with E-state index >= 15 is 0 Å². The Morgan fingerprint density at radius 1 is 0.600 bits per heavy atom. The van der Waals surface area contributed by atoms with Gasteiger partial charge in [0.2, 0.25) is 0 Å². The zero-order valence-corrected chi connectivity index (χ0v) is 19.3. The summed E-state index contributed by atoms with van der Waals surface area (Å²) < 4.78 is 0. The van der Waals surface area contributed by atoms with E-state index in [0.29, 0.717) is 0 Å². The van der Waals surface area contributed by atoms with Crippen LogP contribution in [-0.4, -0.2) is 17.3 Å². The smallest absolute Gasteiger partial charge is 0.0344 e. The lowest BCUT2D eigenvalue weighted by molar-refractivity contribution is 0.788. The van der Waals surface area contributed by atoms with Gasteiger partial charge in [-0.1, -0.05) is 53.4 Å². The molecule has 1 aromatic rings. The van der Waals surface area contributed by atoms with Crippen LogP contribution in [-0.2, 0) is 6.42 Å². The second-order valence-corrected chi connectivity index (χ2v) is 10.0. The van der Waals surface area contributed by atoms with Gasteiger partial charge in [-0.3, -0.25) is 0 Å². The monoisotopic (exact) mass is 398 g/mol. The van der Waals surface area contributed by atoms with Gasteiger partial charge in [-0.2, -0.15) is 0 Å². The van der Waals surface area contributed by atoms with Crippen LogP contribution in [0.25, 0.3) is 0 Å².